The molecule has 0 aromatic carbocycles. The molecule has 16 heavy (non-hydrogen) atoms. The van der Waals surface area contributed by atoms with Crippen molar-refractivity contribution in [2.45, 2.75) is 24.5 Å². The van der Waals surface area contributed by atoms with Gasteiger partial charge in [-0.2, -0.15) is 0 Å². The van der Waals surface area contributed by atoms with Crippen LogP contribution in [0.4, 0.5) is 5.82 Å². The van der Waals surface area contributed by atoms with Crippen LogP contribution in [0.15, 0.2) is 12.4 Å². The topological polar surface area (TPSA) is 54.9 Å². The summed E-state index contributed by atoms with van der Waals surface area (Å²) in [5.74, 6) is 1.54. The summed E-state index contributed by atoms with van der Waals surface area (Å²) in [6.45, 7) is 0. The Bertz CT molecular complexity index is 382. The van der Waals surface area contributed by atoms with E-state index in [1.165, 1.54) is 12.7 Å². The first-order valence-corrected chi connectivity index (χ1v) is 6.58. The van der Waals surface area contributed by atoms with Crippen molar-refractivity contribution >= 4 is 35.1 Å². The van der Waals surface area contributed by atoms with E-state index in [0.717, 1.165) is 18.6 Å². The number of carbonyl (C=O) groups excluding carboxylic acids is 1. The molecule has 1 N–H and O–H groups in total. The molecule has 1 saturated heterocycles. The van der Waals surface area contributed by atoms with Gasteiger partial charge in [0, 0.05) is 6.07 Å². The summed E-state index contributed by atoms with van der Waals surface area (Å²) in [7, 11) is 0. The third-order valence-corrected chi connectivity index (χ3v) is 3.94. The Morgan fingerprint density at radius 2 is 2.38 bits per heavy atom. The third-order valence-electron chi connectivity index (χ3n) is 2.36. The molecule has 0 aliphatic carbocycles. The number of nitrogens with one attached hydrogen (secondary N) is 1. The number of carbonyl (C=O) groups is 1. The Morgan fingerprint density at radius 3 is 3.06 bits per heavy atom. The second-order valence-electron chi connectivity index (χ2n) is 3.57. The zero-order chi connectivity index (χ0) is 11.4. The molecule has 4 nitrogen and oxygen atoms in total. The van der Waals surface area contributed by atoms with E-state index in [-0.39, 0.29) is 11.2 Å². The van der Waals surface area contributed by atoms with E-state index in [1.54, 1.807) is 17.8 Å². The molecule has 0 radical (unpaired) electrons. The van der Waals surface area contributed by atoms with Gasteiger partial charge >= 0.3 is 0 Å². The van der Waals surface area contributed by atoms with Crippen molar-refractivity contribution < 1.29 is 4.79 Å². The normalized spacial score (nSPS) is 20.4. The summed E-state index contributed by atoms with van der Waals surface area (Å²) in [5, 5.41) is 3.14. The van der Waals surface area contributed by atoms with Crippen LogP contribution in [0, 0.1) is 0 Å². The van der Waals surface area contributed by atoms with Crippen LogP contribution >= 0.6 is 23.4 Å². The van der Waals surface area contributed by atoms with E-state index in [1.807, 2.05) is 0 Å². The van der Waals surface area contributed by atoms with E-state index in [4.69, 9.17) is 11.6 Å². The summed E-state index contributed by atoms with van der Waals surface area (Å²) >= 11 is 7.41. The lowest BCUT2D eigenvalue weighted by atomic mass is 10.2. The molecule has 1 aliphatic rings. The Labute approximate surface area is 103 Å². The van der Waals surface area contributed by atoms with Crippen LogP contribution in [0.25, 0.3) is 0 Å². The van der Waals surface area contributed by atoms with Crippen molar-refractivity contribution in [3.05, 3.63) is 17.5 Å². The second-order valence-corrected chi connectivity index (χ2v) is 5.27. The van der Waals surface area contributed by atoms with E-state index < -0.39 is 0 Å². The molecule has 86 valence electrons. The highest BCUT2D eigenvalue weighted by Crippen LogP contribution is 2.26. The number of hydrogen-bond donors (Lipinski definition) is 1. The molecule has 1 fully saturated rings. The van der Waals surface area contributed by atoms with Gasteiger partial charge in [-0.25, -0.2) is 9.97 Å². The van der Waals surface area contributed by atoms with E-state index in [9.17, 15) is 4.79 Å². The molecule has 0 bridgehead atoms. The summed E-state index contributed by atoms with van der Waals surface area (Å²) in [4.78, 5) is 19.5. The van der Waals surface area contributed by atoms with Crippen molar-refractivity contribution in [1.82, 2.24) is 9.97 Å². The van der Waals surface area contributed by atoms with Gasteiger partial charge in [0.25, 0.3) is 0 Å². The fourth-order valence-electron chi connectivity index (χ4n) is 1.56. The van der Waals surface area contributed by atoms with Gasteiger partial charge in [-0.1, -0.05) is 18.0 Å². The lowest BCUT2D eigenvalue weighted by Crippen LogP contribution is -2.27. The zero-order valence-corrected chi connectivity index (χ0v) is 10.2. The maximum atomic E-state index is 11.8. The van der Waals surface area contributed by atoms with Crippen LogP contribution in [-0.2, 0) is 4.79 Å². The van der Waals surface area contributed by atoms with Crippen molar-refractivity contribution in [1.29, 1.82) is 0 Å². The highest BCUT2D eigenvalue weighted by molar-refractivity contribution is 8.00. The standard InChI is InChI=1S/C10H12ClN3OS/c11-8-5-9(13-6-12-8)14-10(15)7-3-1-2-4-16-7/h5-7H,1-4H2,(H,12,13,14,15). The lowest BCUT2D eigenvalue weighted by Gasteiger charge is -2.19. The van der Waals surface area contributed by atoms with Gasteiger partial charge in [-0.05, 0) is 18.6 Å². The number of hydrogen-bond acceptors (Lipinski definition) is 4. The van der Waals surface area contributed by atoms with Gasteiger partial charge in [0.05, 0.1) is 5.25 Å². The molecule has 2 rings (SSSR count). The van der Waals surface area contributed by atoms with Gasteiger partial charge in [0.15, 0.2) is 0 Å². The average molecular weight is 258 g/mol. The van der Waals surface area contributed by atoms with Gasteiger partial charge in [0.2, 0.25) is 5.91 Å². The minimum Gasteiger partial charge on any atom is -0.310 e. The van der Waals surface area contributed by atoms with Crippen LogP contribution in [-0.4, -0.2) is 26.9 Å². The number of thioether (sulfide) groups is 1. The SMILES string of the molecule is O=C(Nc1cc(Cl)ncn1)C1CCCCS1. The monoisotopic (exact) mass is 257 g/mol. The van der Waals surface area contributed by atoms with Gasteiger partial charge in [-0.3, -0.25) is 4.79 Å². The first-order valence-electron chi connectivity index (χ1n) is 5.16. The molecule has 1 aromatic heterocycles. The molecule has 1 atom stereocenters. The molecular weight excluding hydrogens is 246 g/mol. The molecule has 1 unspecified atom stereocenters. The Kier molecular flexibility index (Phi) is 4.01. The van der Waals surface area contributed by atoms with Crippen molar-refractivity contribution in [3.63, 3.8) is 0 Å². The zero-order valence-electron chi connectivity index (χ0n) is 8.65. The van der Waals surface area contributed by atoms with Crippen molar-refractivity contribution in [2.75, 3.05) is 11.1 Å². The third kappa shape index (κ3) is 3.09. The van der Waals surface area contributed by atoms with Gasteiger partial charge in [0.1, 0.15) is 17.3 Å². The van der Waals surface area contributed by atoms with Crippen molar-refractivity contribution in [3.8, 4) is 0 Å². The predicted octanol–water partition coefficient (Wildman–Crippen LogP) is 2.35. The second kappa shape index (κ2) is 5.50. The van der Waals surface area contributed by atoms with Crippen molar-refractivity contribution in [2.24, 2.45) is 0 Å². The molecule has 1 aromatic rings. The average Bonchev–Trinajstić information content (AvgIpc) is 2.30. The highest BCUT2D eigenvalue weighted by atomic mass is 35.5. The maximum Gasteiger partial charge on any atom is 0.238 e. The summed E-state index contributed by atoms with van der Waals surface area (Å²) < 4.78 is 0. The fourth-order valence-corrected chi connectivity index (χ4v) is 2.90. The van der Waals surface area contributed by atoms with Gasteiger partial charge < -0.3 is 5.32 Å². The lowest BCUT2D eigenvalue weighted by molar-refractivity contribution is -0.115. The molecule has 2 heterocycles. The van der Waals surface area contributed by atoms with E-state index in [2.05, 4.69) is 15.3 Å². The largest absolute Gasteiger partial charge is 0.310 e. The molecule has 0 saturated carbocycles. The highest BCUT2D eigenvalue weighted by Gasteiger charge is 2.21. The summed E-state index contributed by atoms with van der Waals surface area (Å²) in [6, 6.07) is 1.55. The molecule has 1 aliphatic heterocycles. The number of rotatable bonds is 2. The first-order chi connectivity index (χ1) is 7.75. The van der Waals surface area contributed by atoms with Crippen LogP contribution in [0.5, 0.6) is 0 Å². The fraction of sp³-hybridized carbons (Fsp3) is 0.500. The Morgan fingerprint density at radius 1 is 1.50 bits per heavy atom. The molecule has 1 amide bonds. The van der Waals surface area contributed by atoms with Crippen LogP contribution in [0.2, 0.25) is 5.15 Å². The van der Waals surface area contributed by atoms with E-state index in [0.29, 0.717) is 11.0 Å². The minimum absolute atomic E-state index is 0.0134. The number of halogens is 1. The predicted molar refractivity (Wildman–Crippen MR) is 65.8 cm³/mol. The van der Waals surface area contributed by atoms with E-state index >= 15 is 0 Å². The first kappa shape index (κ1) is 11.7. The molecule has 0 spiro atoms. The smallest absolute Gasteiger partial charge is 0.238 e. The summed E-state index contributed by atoms with van der Waals surface area (Å²) in [5.41, 5.74) is 0. The molecule has 6 heteroatoms. The van der Waals surface area contributed by atoms with Crippen LogP contribution in [0.3, 0.4) is 0 Å². The Hall–Kier alpha value is -0.810. The van der Waals surface area contributed by atoms with Crippen LogP contribution < -0.4 is 5.32 Å². The quantitative estimate of drug-likeness (QED) is 0.827. The molecular formula is C10H12ClN3OS. The van der Waals surface area contributed by atoms with Crippen LogP contribution in [0.1, 0.15) is 19.3 Å². The number of anilines is 1. The maximum absolute atomic E-state index is 11.8. The Balaban J connectivity index is 1.96. The minimum atomic E-state index is 0.0134. The number of nitrogens with zero attached hydrogens (tertiary/aromatic N) is 2. The summed E-state index contributed by atoms with van der Waals surface area (Å²) in [6.07, 6.45) is 4.60. The number of amides is 1. The number of aromatic nitrogens is 2. The van der Waals surface area contributed by atoms with Gasteiger partial charge in [-0.15, -0.1) is 11.8 Å².